The first-order valence-corrected chi connectivity index (χ1v) is 9.36. The fourth-order valence-electron chi connectivity index (χ4n) is 3.07. The number of halogens is 1. The molecule has 2 heterocycles. The Kier molecular flexibility index (Phi) is 7.25. The highest BCUT2D eigenvalue weighted by atomic mass is 35.5. The zero-order chi connectivity index (χ0) is 18.7. The number of hydrogen-bond acceptors (Lipinski definition) is 6. The lowest BCUT2D eigenvalue weighted by Gasteiger charge is -2.30. The summed E-state index contributed by atoms with van der Waals surface area (Å²) in [5.74, 6) is 2.79. The minimum absolute atomic E-state index is 0. The molecule has 150 valence electrons. The SMILES string of the molecule is CC(C)COc1ccc(C(C)(C)c2nc(C3CNCCN3C)no2)cc1.Cl. The van der Waals surface area contributed by atoms with Crippen molar-refractivity contribution in [2.24, 2.45) is 5.92 Å². The van der Waals surface area contributed by atoms with Gasteiger partial charge in [0, 0.05) is 19.6 Å². The van der Waals surface area contributed by atoms with Gasteiger partial charge in [-0.05, 0) is 44.5 Å². The van der Waals surface area contributed by atoms with E-state index in [0.717, 1.165) is 43.4 Å². The van der Waals surface area contributed by atoms with E-state index in [2.05, 4.69) is 62.2 Å². The van der Waals surface area contributed by atoms with Gasteiger partial charge >= 0.3 is 0 Å². The van der Waals surface area contributed by atoms with Crippen molar-refractivity contribution >= 4 is 12.4 Å². The summed E-state index contributed by atoms with van der Waals surface area (Å²) in [5, 5.41) is 7.65. The van der Waals surface area contributed by atoms with Gasteiger partial charge in [-0.3, -0.25) is 4.90 Å². The second kappa shape index (κ2) is 9.04. The van der Waals surface area contributed by atoms with Crippen LogP contribution in [0.4, 0.5) is 0 Å². The lowest BCUT2D eigenvalue weighted by Crippen LogP contribution is -2.44. The maximum atomic E-state index is 5.77. The fraction of sp³-hybridized carbons (Fsp3) is 0.600. The maximum Gasteiger partial charge on any atom is 0.236 e. The van der Waals surface area contributed by atoms with Crippen LogP contribution in [0.2, 0.25) is 0 Å². The lowest BCUT2D eigenvalue weighted by atomic mass is 9.84. The average Bonchev–Trinajstić information content (AvgIpc) is 3.11. The number of rotatable bonds is 6. The molecule has 27 heavy (non-hydrogen) atoms. The topological polar surface area (TPSA) is 63.4 Å². The third kappa shape index (κ3) is 5.00. The van der Waals surface area contributed by atoms with Crippen LogP contribution in [0, 0.1) is 5.92 Å². The van der Waals surface area contributed by atoms with E-state index < -0.39 is 0 Å². The van der Waals surface area contributed by atoms with Crippen molar-refractivity contribution < 1.29 is 9.26 Å². The molecule has 1 aliphatic heterocycles. The Balaban J connectivity index is 0.00000261. The molecule has 6 nitrogen and oxygen atoms in total. The van der Waals surface area contributed by atoms with Gasteiger partial charge in [-0.2, -0.15) is 4.98 Å². The molecule has 0 aliphatic carbocycles. The van der Waals surface area contributed by atoms with Gasteiger partial charge < -0.3 is 14.6 Å². The zero-order valence-electron chi connectivity index (χ0n) is 16.9. The Labute approximate surface area is 168 Å². The third-order valence-electron chi connectivity index (χ3n) is 4.94. The standard InChI is InChI=1S/C20H30N4O2.ClH/c1-14(2)13-25-16-8-6-15(7-9-16)20(3,4)19-22-18(23-26-19)17-12-21-10-11-24(17)5;/h6-9,14,17,21H,10-13H2,1-5H3;1H. The molecule has 7 heteroatoms. The van der Waals surface area contributed by atoms with Crippen LogP contribution in [0.25, 0.3) is 0 Å². The van der Waals surface area contributed by atoms with Crippen LogP contribution in [-0.4, -0.2) is 48.3 Å². The highest BCUT2D eigenvalue weighted by molar-refractivity contribution is 5.85. The van der Waals surface area contributed by atoms with E-state index in [1.54, 1.807) is 0 Å². The van der Waals surface area contributed by atoms with Gasteiger partial charge in [0.05, 0.1) is 18.1 Å². The predicted molar refractivity (Wildman–Crippen MR) is 109 cm³/mol. The van der Waals surface area contributed by atoms with E-state index in [9.17, 15) is 0 Å². The normalized spacial score (nSPS) is 18.4. The lowest BCUT2D eigenvalue weighted by molar-refractivity contribution is 0.190. The van der Waals surface area contributed by atoms with Crippen LogP contribution in [0.5, 0.6) is 5.75 Å². The van der Waals surface area contributed by atoms with Gasteiger partial charge in [0.1, 0.15) is 5.75 Å². The first kappa shape index (κ1) is 21.7. The Morgan fingerprint density at radius 3 is 2.63 bits per heavy atom. The van der Waals surface area contributed by atoms with E-state index in [1.165, 1.54) is 0 Å². The third-order valence-corrected chi connectivity index (χ3v) is 4.94. The van der Waals surface area contributed by atoms with Gasteiger partial charge in [0.2, 0.25) is 5.89 Å². The second-order valence-corrected chi connectivity index (χ2v) is 8.01. The zero-order valence-corrected chi connectivity index (χ0v) is 17.7. The molecule has 1 N–H and O–H groups in total. The van der Waals surface area contributed by atoms with Gasteiger partial charge in [-0.25, -0.2) is 0 Å². The summed E-state index contributed by atoms with van der Waals surface area (Å²) in [4.78, 5) is 6.99. The molecule has 1 aromatic heterocycles. The van der Waals surface area contributed by atoms with Crippen molar-refractivity contribution in [1.29, 1.82) is 0 Å². The molecule has 1 aromatic carbocycles. The molecule has 0 bridgehead atoms. The summed E-state index contributed by atoms with van der Waals surface area (Å²) in [6, 6.07) is 8.33. The van der Waals surface area contributed by atoms with E-state index in [0.29, 0.717) is 11.8 Å². The van der Waals surface area contributed by atoms with Crippen LogP contribution in [0.1, 0.15) is 51.0 Å². The van der Waals surface area contributed by atoms with Crippen molar-refractivity contribution in [1.82, 2.24) is 20.4 Å². The summed E-state index contributed by atoms with van der Waals surface area (Å²) in [6.45, 7) is 12.0. The molecule has 3 rings (SSSR count). The number of nitrogens with one attached hydrogen (secondary N) is 1. The Bertz CT molecular complexity index is 715. The van der Waals surface area contributed by atoms with Crippen LogP contribution in [0.3, 0.4) is 0 Å². The van der Waals surface area contributed by atoms with Gasteiger partial charge in [0.25, 0.3) is 0 Å². The van der Waals surface area contributed by atoms with Gasteiger partial charge in [0.15, 0.2) is 5.82 Å². The number of piperazine rings is 1. The van der Waals surface area contributed by atoms with Crippen LogP contribution in [-0.2, 0) is 5.41 Å². The van der Waals surface area contributed by atoms with Crippen LogP contribution < -0.4 is 10.1 Å². The first-order chi connectivity index (χ1) is 12.4. The average molecular weight is 395 g/mol. The maximum absolute atomic E-state index is 5.77. The summed E-state index contributed by atoms with van der Waals surface area (Å²) >= 11 is 0. The highest BCUT2D eigenvalue weighted by Gasteiger charge is 2.32. The van der Waals surface area contributed by atoms with Crippen molar-refractivity contribution in [3.63, 3.8) is 0 Å². The Morgan fingerprint density at radius 2 is 2.00 bits per heavy atom. The fourth-order valence-corrected chi connectivity index (χ4v) is 3.07. The van der Waals surface area contributed by atoms with E-state index in [-0.39, 0.29) is 23.9 Å². The summed E-state index contributed by atoms with van der Waals surface area (Å²) in [7, 11) is 2.10. The summed E-state index contributed by atoms with van der Waals surface area (Å²) in [5.41, 5.74) is 0.766. The highest BCUT2D eigenvalue weighted by Crippen LogP contribution is 2.32. The van der Waals surface area contributed by atoms with E-state index >= 15 is 0 Å². The number of benzene rings is 1. The molecular formula is C20H31ClN4O2. The molecule has 1 fully saturated rings. The molecule has 0 amide bonds. The smallest absolute Gasteiger partial charge is 0.236 e. The molecule has 0 radical (unpaired) electrons. The minimum atomic E-state index is -0.359. The largest absolute Gasteiger partial charge is 0.493 e. The number of ether oxygens (including phenoxy) is 1. The molecule has 1 aliphatic rings. The molecule has 0 spiro atoms. The number of hydrogen-bond donors (Lipinski definition) is 1. The van der Waals surface area contributed by atoms with Gasteiger partial charge in [-0.15, -0.1) is 12.4 Å². The summed E-state index contributed by atoms with van der Waals surface area (Å²) < 4.78 is 11.4. The quantitative estimate of drug-likeness (QED) is 0.809. The first-order valence-electron chi connectivity index (χ1n) is 9.36. The molecular weight excluding hydrogens is 364 g/mol. The molecule has 1 unspecified atom stereocenters. The molecule has 0 saturated carbocycles. The van der Waals surface area contributed by atoms with Gasteiger partial charge in [-0.1, -0.05) is 31.1 Å². The van der Waals surface area contributed by atoms with E-state index in [4.69, 9.17) is 14.2 Å². The number of nitrogens with zero attached hydrogens (tertiary/aromatic N) is 3. The van der Waals surface area contributed by atoms with Crippen molar-refractivity contribution in [2.45, 2.75) is 39.2 Å². The van der Waals surface area contributed by atoms with Crippen LogP contribution in [0.15, 0.2) is 28.8 Å². The Morgan fingerprint density at radius 1 is 1.30 bits per heavy atom. The molecule has 1 saturated heterocycles. The van der Waals surface area contributed by atoms with Crippen molar-refractivity contribution in [2.75, 3.05) is 33.3 Å². The van der Waals surface area contributed by atoms with Crippen molar-refractivity contribution in [3.8, 4) is 5.75 Å². The number of likely N-dealkylation sites (N-methyl/N-ethyl adjacent to an activating group) is 1. The monoisotopic (exact) mass is 394 g/mol. The second-order valence-electron chi connectivity index (χ2n) is 8.01. The summed E-state index contributed by atoms with van der Waals surface area (Å²) in [6.07, 6.45) is 0. The predicted octanol–water partition coefficient (Wildman–Crippen LogP) is 3.43. The minimum Gasteiger partial charge on any atom is -0.493 e. The van der Waals surface area contributed by atoms with E-state index in [1.807, 2.05) is 12.1 Å². The Hall–Kier alpha value is -1.63. The number of aromatic nitrogens is 2. The molecule has 2 aromatic rings. The van der Waals surface area contributed by atoms with Crippen molar-refractivity contribution in [3.05, 3.63) is 41.5 Å². The van der Waals surface area contributed by atoms with Crippen LogP contribution >= 0.6 is 12.4 Å². The molecule has 1 atom stereocenters.